The van der Waals surface area contributed by atoms with Gasteiger partial charge in [-0.2, -0.15) is 0 Å². The highest BCUT2D eigenvalue weighted by atomic mass is 19.1. The minimum absolute atomic E-state index is 0.0823. The lowest BCUT2D eigenvalue weighted by molar-refractivity contribution is -0.139. The molecule has 2 N–H and O–H groups in total. The Bertz CT molecular complexity index is 652. The van der Waals surface area contributed by atoms with Crippen LogP contribution in [0.1, 0.15) is 44.1 Å². The van der Waals surface area contributed by atoms with Gasteiger partial charge in [0.25, 0.3) is 0 Å². The Morgan fingerprint density at radius 1 is 1.19 bits per heavy atom. The molecule has 1 aliphatic carbocycles. The van der Waals surface area contributed by atoms with E-state index in [1.807, 2.05) is 4.90 Å². The fraction of sp³-hybridized carbons (Fsp3) is 0.600. The number of nitrogens with one attached hydrogen (secondary N) is 2. The zero-order chi connectivity index (χ0) is 18.5. The maximum atomic E-state index is 13.2. The van der Waals surface area contributed by atoms with Crippen molar-refractivity contribution in [2.75, 3.05) is 25.0 Å². The van der Waals surface area contributed by atoms with Gasteiger partial charge in [-0.25, -0.2) is 4.39 Å². The molecule has 1 aliphatic heterocycles. The van der Waals surface area contributed by atoms with E-state index in [2.05, 4.69) is 10.6 Å². The third kappa shape index (κ3) is 4.81. The van der Waals surface area contributed by atoms with Gasteiger partial charge in [0.2, 0.25) is 11.8 Å². The Morgan fingerprint density at radius 3 is 2.54 bits per heavy atom. The van der Waals surface area contributed by atoms with E-state index >= 15 is 0 Å². The second kappa shape index (κ2) is 8.62. The molecule has 0 radical (unpaired) electrons. The topological polar surface area (TPSA) is 61.4 Å². The molecule has 26 heavy (non-hydrogen) atoms. The van der Waals surface area contributed by atoms with Crippen molar-refractivity contribution in [3.05, 3.63) is 29.6 Å². The van der Waals surface area contributed by atoms with Crippen LogP contribution in [-0.2, 0) is 9.59 Å². The zero-order valence-electron chi connectivity index (χ0n) is 15.4. The van der Waals surface area contributed by atoms with Gasteiger partial charge >= 0.3 is 0 Å². The van der Waals surface area contributed by atoms with Crippen LogP contribution in [0.25, 0.3) is 0 Å². The largest absolute Gasteiger partial charge is 0.342 e. The molecular weight excluding hydrogens is 333 g/mol. The van der Waals surface area contributed by atoms with Crippen molar-refractivity contribution < 1.29 is 14.0 Å². The number of benzene rings is 1. The first kappa shape index (κ1) is 18.8. The predicted molar refractivity (Wildman–Crippen MR) is 99.3 cm³/mol. The maximum Gasteiger partial charge on any atom is 0.225 e. The lowest BCUT2D eigenvalue weighted by atomic mass is 9.84. The molecule has 3 rings (SSSR count). The molecule has 2 aliphatic rings. The number of carbonyl (C=O) groups excluding carboxylic acids is 2. The first-order chi connectivity index (χ1) is 12.5. The van der Waals surface area contributed by atoms with Gasteiger partial charge in [-0.3, -0.25) is 9.59 Å². The number of aryl methyl sites for hydroxylation is 1. The Labute approximate surface area is 154 Å². The highest BCUT2D eigenvalue weighted by molar-refractivity contribution is 5.90. The number of nitrogens with zero attached hydrogens (tertiary/aromatic N) is 1. The number of likely N-dealkylation sites (tertiary alicyclic amines) is 1. The second-order valence-electron chi connectivity index (χ2n) is 7.44. The van der Waals surface area contributed by atoms with E-state index in [1.54, 1.807) is 19.1 Å². The Kier molecular flexibility index (Phi) is 6.25. The number of piperidine rings is 1. The van der Waals surface area contributed by atoms with E-state index < -0.39 is 0 Å². The summed E-state index contributed by atoms with van der Waals surface area (Å²) in [5.41, 5.74) is 1.14. The first-order valence-corrected chi connectivity index (χ1v) is 9.61. The number of rotatable bonds is 6. The third-order valence-electron chi connectivity index (χ3n) is 5.49. The van der Waals surface area contributed by atoms with E-state index in [-0.39, 0.29) is 17.6 Å². The second-order valence-corrected chi connectivity index (χ2v) is 7.44. The molecule has 1 saturated heterocycles. The summed E-state index contributed by atoms with van der Waals surface area (Å²) in [6.07, 6.45) is 5.56. The van der Waals surface area contributed by atoms with Gasteiger partial charge < -0.3 is 15.5 Å². The summed E-state index contributed by atoms with van der Waals surface area (Å²) in [4.78, 5) is 26.3. The molecule has 0 spiro atoms. The van der Waals surface area contributed by atoms with Crippen molar-refractivity contribution in [1.82, 2.24) is 10.2 Å². The van der Waals surface area contributed by atoms with Gasteiger partial charge in [-0.15, -0.1) is 0 Å². The van der Waals surface area contributed by atoms with Crippen LogP contribution < -0.4 is 10.6 Å². The minimum Gasteiger partial charge on any atom is -0.342 e. The zero-order valence-corrected chi connectivity index (χ0v) is 15.4. The summed E-state index contributed by atoms with van der Waals surface area (Å²) >= 11 is 0. The summed E-state index contributed by atoms with van der Waals surface area (Å²) < 4.78 is 13.2. The first-order valence-electron chi connectivity index (χ1n) is 9.61. The number of carbonyl (C=O) groups is 2. The molecule has 0 unspecified atom stereocenters. The fourth-order valence-electron chi connectivity index (χ4n) is 3.55. The Hall–Kier alpha value is -1.95. The van der Waals surface area contributed by atoms with Gasteiger partial charge in [0, 0.05) is 43.7 Å². The van der Waals surface area contributed by atoms with E-state index in [9.17, 15) is 14.0 Å². The van der Waals surface area contributed by atoms with Crippen molar-refractivity contribution in [2.24, 2.45) is 5.92 Å². The van der Waals surface area contributed by atoms with Crippen molar-refractivity contribution >= 4 is 17.5 Å². The van der Waals surface area contributed by atoms with Crippen molar-refractivity contribution in [3.63, 3.8) is 0 Å². The maximum absolute atomic E-state index is 13.2. The Balaban J connectivity index is 1.33. The molecule has 1 aromatic carbocycles. The van der Waals surface area contributed by atoms with Crippen molar-refractivity contribution in [1.29, 1.82) is 0 Å². The van der Waals surface area contributed by atoms with Crippen LogP contribution in [0.15, 0.2) is 18.2 Å². The van der Waals surface area contributed by atoms with Crippen LogP contribution in [0.4, 0.5) is 10.1 Å². The number of hydrogen-bond acceptors (Lipinski definition) is 3. The number of hydrogen-bond donors (Lipinski definition) is 2. The SMILES string of the molecule is Cc1cc(NC(=O)CCNC2CCN(C(=O)C3CCC3)CC2)ccc1F. The molecule has 5 nitrogen and oxygen atoms in total. The number of amides is 2. The van der Waals surface area contributed by atoms with E-state index in [4.69, 9.17) is 0 Å². The summed E-state index contributed by atoms with van der Waals surface area (Å²) in [6, 6.07) is 4.93. The van der Waals surface area contributed by atoms with E-state index in [1.165, 1.54) is 12.5 Å². The smallest absolute Gasteiger partial charge is 0.225 e. The predicted octanol–water partition coefficient (Wildman–Crippen LogP) is 2.84. The number of halogens is 1. The lowest BCUT2D eigenvalue weighted by Crippen LogP contribution is -2.48. The van der Waals surface area contributed by atoms with Crippen LogP contribution in [0.3, 0.4) is 0 Å². The molecule has 1 heterocycles. The average Bonchev–Trinajstić information content (AvgIpc) is 2.57. The normalized spacial score (nSPS) is 18.5. The minimum atomic E-state index is -0.271. The molecule has 2 amide bonds. The number of anilines is 1. The fourth-order valence-corrected chi connectivity index (χ4v) is 3.55. The molecule has 1 saturated carbocycles. The summed E-state index contributed by atoms with van der Waals surface area (Å²) in [7, 11) is 0. The van der Waals surface area contributed by atoms with Crippen LogP contribution in [0.5, 0.6) is 0 Å². The molecule has 6 heteroatoms. The molecule has 0 aromatic heterocycles. The monoisotopic (exact) mass is 361 g/mol. The van der Waals surface area contributed by atoms with Gasteiger partial charge in [0.05, 0.1) is 0 Å². The molecule has 0 atom stereocenters. The summed E-state index contributed by atoms with van der Waals surface area (Å²) in [6.45, 7) is 3.91. The van der Waals surface area contributed by atoms with Crippen LogP contribution >= 0.6 is 0 Å². The quantitative estimate of drug-likeness (QED) is 0.819. The van der Waals surface area contributed by atoms with Crippen molar-refractivity contribution in [3.8, 4) is 0 Å². The highest BCUT2D eigenvalue weighted by Gasteiger charge is 2.31. The molecule has 142 valence electrons. The summed E-state index contributed by atoms with van der Waals surface area (Å²) in [5, 5.41) is 6.21. The molecular formula is C20H28FN3O2. The Morgan fingerprint density at radius 2 is 1.92 bits per heavy atom. The van der Waals surface area contributed by atoms with E-state index in [0.717, 1.165) is 38.8 Å². The molecule has 1 aromatic rings. The van der Waals surface area contributed by atoms with Gasteiger partial charge in [-0.1, -0.05) is 6.42 Å². The van der Waals surface area contributed by atoms with Crippen LogP contribution in [-0.4, -0.2) is 42.4 Å². The highest BCUT2D eigenvalue weighted by Crippen LogP contribution is 2.29. The summed E-state index contributed by atoms with van der Waals surface area (Å²) in [5.74, 6) is 0.259. The van der Waals surface area contributed by atoms with E-state index in [0.29, 0.717) is 36.2 Å². The molecule has 2 fully saturated rings. The standard InChI is InChI=1S/C20H28FN3O2/c1-14-13-17(5-6-18(14)21)23-19(25)7-10-22-16-8-11-24(12-9-16)20(26)15-3-2-4-15/h5-6,13,15-16,22H,2-4,7-12H2,1H3,(H,23,25). The lowest BCUT2D eigenvalue weighted by Gasteiger charge is -2.36. The van der Waals surface area contributed by atoms with Gasteiger partial charge in [0.1, 0.15) is 5.82 Å². The van der Waals surface area contributed by atoms with Gasteiger partial charge in [-0.05, 0) is 56.4 Å². The van der Waals surface area contributed by atoms with Gasteiger partial charge in [0.15, 0.2) is 0 Å². The molecule has 0 bridgehead atoms. The van der Waals surface area contributed by atoms with Crippen molar-refractivity contribution in [2.45, 2.75) is 51.5 Å². The van der Waals surface area contributed by atoms with Crippen LogP contribution in [0.2, 0.25) is 0 Å². The third-order valence-corrected chi connectivity index (χ3v) is 5.49. The average molecular weight is 361 g/mol. The van der Waals surface area contributed by atoms with Crippen LogP contribution in [0, 0.1) is 18.7 Å².